The van der Waals surface area contributed by atoms with Gasteiger partial charge in [-0.3, -0.25) is 9.59 Å². The third-order valence-corrected chi connectivity index (χ3v) is 8.55. The maximum Gasteiger partial charge on any atom is 0.407 e. The van der Waals surface area contributed by atoms with Gasteiger partial charge >= 0.3 is 12.1 Å². The van der Waals surface area contributed by atoms with Crippen molar-refractivity contribution in [3.05, 3.63) is 121 Å². The van der Waals surface area contributed by atoms with Crippen LogP contribution in [0.1, 0.15) is 54.3 Å². The molecule has 0 aliphatic heterocycles. The Kier molecular flexibility index (Phi) is 15.4. The molecule has 3 atom stereocenters. The van der Waals surface area contributed by atoms with Gasteiger partial charge in [0.05, 0.1) is 31.8 Å². The molecule has 11 nitrogen and oxygen atoms in total. The number of carbonyl (C=O) groups excluding carboxylic acids is 4. The van der Waals surface area contributed by atoms with Crippen molar-refractivity contribution in [1.29, 1.82) is 0 Å². The summed E-state index contributed by atoms with van der Waals surface area (Å²) in [4.78, 5) is 52.5. The van der Waals surface area contributed by atoms with Gasteiger partial charge in [0, 0.05) is 18.9 Å². The Balaban J connectivity index is 1.37. The van der Waals surface area contributed by atoms with E-state index in [1.54, 1.807) is 36.4 Å². The minimum absolute atomic E-state index is 0.0899. The maximum absolute atomic E-state index is 13.5. The smallest absolute Gasteiger partial charge is 0.407 e. The zero-order chi connectivity index (χ0) is 36.4. The number of ether oxygens (including phenoxy) is 3. The van der Waals surface area contributed by atoms with E-state index in [-0.39, 0.29) is 70.7 Å². The first-order chi connectivity index (χ1) is 24.9. The van der Waals surface area contributed by atoms with Crippen molar-refractivity contribution in [2.75, 3.05) is 39.6 Å². The molecule has 0 heterocycles. The number of esters is 1. The summed E-state index contributed by atoms with van der Waals surface area (Å²) in [6.45, 7) is 7.86. The van der Waals surface area contributed by atoms with E-state index in [9.17, 15) is 19.2 Å². The molecule has 3 aromatic carbocycles. The van der Waals surface area contributed by atoms with Crippen LogP contribution < -0.4 is 16.0 Å². The zero-order valence-corrected chi connectivity index (χ0v) is 28.8. The summed E-state index contributed by atoms with van der Waals surface area (Å²) in [5, 5.41) is 17.1. The predicted octanol–water partition coefficient (Wildman–Crippen LogP) is 4.97. The number of hydrogen-bond donors (Lipinski definition) is 4. The molecule has 0 aromatic heterocycles. The van der Waals surface area contributed by atoms with Crippen molar-refractivity contribution < 1.29 is 38.5 Å². The molecular weight excluding hydrogens is 650 g/mol. The van der Waals surface area contributed by atoms with Crippen molar-refractivity contribution >= 4 is 23.9 Å². The second-order valence-electron chi connectivity index (χ2n) is 12.1. The topological polar surface area (TPSA) is 152 Å². The van der Waals surface area contributed by atoms with Gasteiger partial charge in [-0.15, -0.1) is 13.2 Å². The molecule has 1 aliphatic rings. The zero-order valence-electron chi connectivity index (χ0n) is 28.8. The summed E-state index contributed by atoms with van der Waals surface area (Å²) in [5.41, 5.74) is 5.04. The van der Waals surface area contributed by atoms with E-state index in [0.717, 1.165) is 22.3 Å². The van der Waals surface area contributed by atoms with E-state index in [1.165, 1.54) is 0 Å². The molecule has 0 saturated carbocycles. The Labute approximate surface area is 299 Å². The van der Waals surface area contributed by atoms with Crippen molar-refractivity contribution in [2.45, 2.75) is 43.7 Å². The molecule has 0 spiro atoms. The van der Waals surface area contributed by atoms with E-state index in [1.807, 2.05) is 42.5 Å². The van der Waals surface area contributed by atoms with Crippen molar-refractivity contribution in [1.82, 2.24) is 16.0 Å². The van der Waals surface area contributed by atoms with E-state index in [4.69, 9.17) is 19.3 Å². The first-order valence-corrected chi connectivity index (χ1v) is 17.2. The van der Waals surface area contributed by atoms with Gasteiger partial charge in [0.25, 0.3) is 0 Å². The maximum atomic E-state index is 13.5. The minimum atomic E-state index is -1.02. The summed E-state index contributed by atoms with van der Waals surface area (Å²) in [6.07, 6.45) is 3.28. The first kappa shape index (κ1) is 38.5. The first-order valence-electron chi connectivity index (χ1n) is 17.2. The highest BCUT2D eigenvalue weighted by Gasteiger charge is 2.31. The summed E-state index contributed by atoms with van der Waals surface area (Å²) in [7, 11) is 0. The lowest BCUT2D eigenvalue weighted by atomic mass is 9.98. The standard InChI is InChI=1S/C40H47N3O8/c1-3-5-20-35(43-40(48)51-26-34-32-18-11-9-16-30(32)31-17-10-12-19-33(31)34)39(47)50-27-36(28-14-7-6-8-15-28)42-38(46)29(13-4-2)25-37(45)41-21-23-49-24-22-44/h3-4,6-12,14-19,29,34-36,44H,1-2,5,13,20-27H2,(H,41,45)(H,42,46)(H,43,48)/t29-,35+,36-/m1/s1. The van der Waals surface area contributed by atoms with Crippen LogP contribution in [-0.4, -0.2) is 74.6 Å². The van der Waals surface area contributed by atoms with Crippen molar-refractivity contribution in [3.8, 4) is 11.1 Å². The molecule has 0 radical (unpaired) electrons. The van der Waals surface area contributed by atoms with Gasteiger partial charge in [0.1, 0.15) is 19.3 Å². The fourth-order valence-corrected chi connectivity index (χ4v) is 5.99. The van der Waals surface area contributed by atoms with Gasteiger partial charge in [0.2, 0.25) is 11.8 Å². The molecule has 0 bridgehead atoms. The van der Waals surface area contributed by atoms with Crippen molar-refractivity contribution in [2.24, 2.45) is 5.92 Å². The molecule has 3 aromatic rings. The highest BCUT2D eigenvalue weighted by Crippen LogP contribution is 2.44. The Morgan fingerprint density at radius 1 is 0.824 bits per heavy atom. The van der Waals surface area contributed by atoms with E-state index >= 15 is 0 Å². The fourth-order valence-electron chi connectivity index (χ4n) is 5.99. The number of alkyl carbamates (subject to hydrolysis) is 1. The van der Waals surface area contributed by atoms with Gasteiger partial charge in [-0.1, -0.05) is 91.0 Å². The fraction of sp³-hybridized carbons (Fsp3) is 0.350. The molecule has 51 heavy (non-hydrogen) atoms. The molecule has 0 fully saturated rings. The Bertz CT molecular complexity index is 1580. The van der Waals surface area contributed by atoms with Crippen LogP contribution in [0.3, 0.4) is 0 Å². The number of carbonyl (C=O) groups is 4. The largest absolute Gasteiger partial charge is 0.462 e. The van der Waals surface area contributed by atoms with Gasteiger partial charge in [-0.25, -0.2) is 9.59 Å². The third kappa shape index (κ3) is 11.4. The van der Waals surface area contributed by atoms with Crippen molar-refractivity contribution in [3.63, 3.8) is 0 Å². The molecule has 3 amide bonds. The number of hydrogen-bond acceptors (Lipinski definition) is 8. The lowest BCUT2D eigenvalue weighted by Gasteiger charge is -2.24. The highest BCUT2D eigenvalue weighted by atomic mass is 16.6. The van der Waals surface area contributed by atoms with Crippen LogP contribution in [0.15, 0.2) is 104 Å². The lowest BCUT2D eigenvalue weighted by molar-refractivity contribution is -0.147. The second-order valence-corrected chi connectivity index (χ2v) is 12.1. The van der Waals surface area contributed by atoms with Crippen LogP contribution in [0.2, 0.25) is 0 Å². The van der Waals surface area contributed by atoms with Crippen LogP contribution in [0.4, 0.5) is 4.79 Å². The Morgan fingerprint density at radius 2 is 1.49 bits per heavy atom. The SMILES string of the molecule is C=CCC[C@H](NC(=O)OCC1c2ccccc2-c2ccccc21)C(=O)OC[C@@H](NC(=O)[C@H](CC=C)CC(=O)NCCOCCO)c1ccccc1. The summed E-state index contributed by atoms with van der Waals surface area (Å²) in [5.74, 6) is -2.30. The molecular formula is C40H47N3O8. The number of benzene rings is 3. The number of aliphatic hydroxyl groups excluding tert-OH is 1. The number of nitrogens with one attached hydrogen (secondary N) is 3. The molecule has 4 rings (SSSR count). The average Bonchev–Trinajstić information content (AvgIpc) is 3.47. The monoisotopic (exact) mass is 697 g/mol. The van der Waals surface area contributed by atoms with E-state index in [2.05, 4.69) is 41.2 Å². The van der Waals surface area contributed by atoms with Gasteiger partial charge in [-0.05, 0) is 47.1 Å². The van der Waals surface area contributed by atoms with Gasteiger partial charge in [-0.2, -0.15) is 0 Å². The van der Waals surface area contributed by atoms with Crippen LogP contribution in [-0.2, 0) is 28.6 Å². The average molecular weight is 698 g/mol. The quantitative estimate of drug-likeness (QED) is 0.0692. The predicted molar refractivity (Wildman–Crippen MR) is 194 cm³/mol. The molecule has 1 aliphatic carbocycles. The number of allylic oxidation sites excluding steroid dienone is 2. The van der Waals surface area contributed by atoms with E-state index < -0.39 is 36.0 Å². The second kappa shape index (κ2) is 20.4. The van der Waals surface area contributed by atoms with Crippen LogP contribution in [0, 0.1) is 5.92 Å². The minimum Gasteiger partial charge on any atom is -0.462 e. The number of aliphatic hydroxyl groups is 1. The van der Waals surface area contributed by atoms with Gasteiger partial charge in [0.15, 0.2) is 0 Å². The molecule has 0 saturated heterocycles. The van der Waals surface area contributed by atoms with Crippen LogP contribution >= 0.6 is 0 Å². The number of amides is 3. The third-order valence-electron chi connectivity index (χ3n) is 8.55. The summed E-state index contributed by atoms with van der Waals surface area (Å²) >= 11 is 0. The van der Waals surface area contributed by atoms with E-state index in [0.29, 0.717) is 12.0 Å². The normalized spacial score (nSPS) is 13.4. The number of rotatable bonds is 21. The highest BCUT2D eigenvalue weighted by molar-refractivity contribution is 5.86. The Morgan fingerprint density at radius 3 is 2.14 bits per heavy atom. The van der Waals surface area contributed by atoms with Crippen LogP contribution in [0.5, 0.6) is 0 Å². The molecule has 0 unspecified atom stereocenters. The Hall–Kier alpha value is -5.26. The molecule has 4 N–H and O–H groups in total. The van der Waals surface area contributed by atoms with Crippen LogP contribution in [0.25, 0.3) is 11.1 Å². The lowest BCUT2D eigenvalue weighted by Crippen LogP contribution is -2.44. The summed E-state index contributed by atoms with van der Waals surface area (Å²) < 4.78 is 16.5. The molecule has 270 valence electrons. The molecule has 11 heteroatoms. The number of fused-ring (bicyclic) bond motifs is 3. The van der Waals surface area contributed by atoms with Gasteiger partial charge < -0.3 is 35.3 Å². The summed E-state index contributed by atoms with van der Waals surface area (Å²) in [6, 6.07) is 23.3.